The highest BCUT2D eigenvalue weighted by atomic mass is 19.1. The molecule has 0 aliphatic carbocycles. The van der Waals surface area contributed by atoms with Gasteiger partial charge in [0.25, 0.3) is 0 Å². The summed E-state index contributed by atoms with van der Waals surface area (Å²) in [7, 11) is 1.43. The lowest BCUT2D eigenvalue weighted by atomic mass is 9.99. The van der Waals surface area contributed by atoms with Crippen LogP contribution in [0.25, 0.3) is 11.1 Å². The maximum Gasteiger partial charge on any atom is 0.173 e. The fourth-order valence-corrected chi connectivity index (χ4v) is 1.84. The van der Waals surface area contributed by atoms with Gasteiger partial charge in [0.2, 0.25) is 0 Å². The number of rotatable bonds is 2. The average Bonchev–Trinajstić information content (AvgIpc) is 2.32. The topological polar surface area (TPSA) is 35.2 Å². The summed E-state index contributed by atoms with van der Waals surface area (Å²) in [5, 5.41) is 0. The highest BCUT2D eigenvalue weighted by Gasteiger charge is 2.13. The van der Waals surface area contributed by atoms with E-state index >= 15 is 0 Å². The van der Waals surface area contributed by atoms with Gasteiger partial charge in [-0.2, -0.15) is 0 Å². The molecule has 0 saturated carbocycles. The van der Waals surface area contributed by atoms with E-state index in [4.69, 9.17) is 10.5 Å². The highest BCUT2D eigenvalue weighted by Crippen LogP contribution is 2.33. The number of halogens is 1. The minimum atomic E-state index is -0.379. The Morgan fingerprint density at radius 3 is 2.47 bits per heavy atom. The molecule has 88 valence electrons. The Hall–Kier alpha value is -2.03. The number of hydrogen-bond acceptors (Lipinski definition) is 2. The molecule has 0 aliphatic heterocycles. The fourth-order valence-electron chi connectivity index (χ4n) is 1.84. The summed E-state index contributed by atoms with van der Waals surface area (Å²) in [4.78, 5) is 0. The summed E-state index contributed by atoms with van der Waals surface area (Å²) >= 11 is 0. The molecule has 2 N–H and O–H groups in total. The second-order valence-electron chi connectivity index (χ2n) is 3.90. The standard InChI is InChI=1S/C14H14FNO/c1-9-5-3-4-6-11(9)12-7-10(16)8-13(17-2)14(12)15/h3-8H,16H2,1-2H3. The van der Waals surface area contributed by atoms with Gasteiger partial charge in [-0.3, -0.25) is 0 Å². The van der Waals surface area contributed by atoms with Crippen LogP contribution in [0.5, 0.6) is 5.75 Å². The van der Waals surface area contributed by atoms with Crippen LogP contribution in [0.4, 0.5) is 10.1 Å². The van der Waals surface area contributed by atoms with Crippen molar-refractivity contribution < 1.29 is 9.13 Å². The van der Waals surface area contributed by atoms with Crippen molar-refractivity contribution in [2.75, 3.05) is 12.8 Å². The number of hydrogen-bond donors (Lipinski definition) is 1. The summed E-state index contributed by atoms with van der Waals surface area (Å²) in [6.07, 6.45) is 0. The van der Waals surface area contributed by atoms with Crippen LogP contribution in [0.15, 0.2) is 36.4 Å². The van der Waals surface area contributed by atoms with E-state index in [0.29, 0.717) is 11.3 Å². The Kier molecular flexibility index (Phi) is 3.00. The van der Waals surface area contributed by atoms with Crippen molar-refractivity contribution in [1.82, 2.24) is 0 Å². The molecule has 0 aromatic heterocycles. The molecular weight excluding hydrogens is 217 g/mol. The van der Waals surface area contributed by atoms with Crippen molar-refractivity contribution in [3.8, 4) is 16.9 Å². The van der Waals surface area contributed by atoms with Gasteiger partial charge in [-0.25, -0.2) is 4.39 Å². The van der Waals surface area contributed by atoms with Crippen LogP contribution < -0.4 is 10.5 Å². The van der Waals surface area contributed by atoms with E-state index in [1.807, 2.05) is 31.2 Å². The Morgan fingerprint density at radius 2 is 1.82 bits per heavy atom. The van der Waals surface area contributed by atoms with Crippen molar-refractivity contribution in [2.45, 2.75) is 6.92 Å². The molecular formula is C14H14FNO. The third kappa shape index (κ3) is 2.09. The van der Waals surface area contributed by atoms with Crippen LogP contribution in [0.2, 0.25) is 0 Å². The number of aryl methyl sites for hydroxylation is 1. The molecule has 0 atom stereocenters. The SMILES string of the molecule is COc1cc(N)cc(-c2ccccc2C)c1F. The third-order valence-corrected chi connectivity index (χ3v) is 2.72. The molecule has 0 heterocycles. The van der Waals surface area contributed by atoms with Crippen molar-refractivity contribution in [2.24, 2.45) is 0 Å². The quantitative estimate of drug-likeness (QED) is 0.804. The lowest BCUT2D eigenvalue weighted by Crippen LogP contribution is -1.96. The molecule has 2 aromatic carbocycles. The summed E-state index contributed by atoms with van der Waals surface area (Å²) < 4.78 is 19.1. The van der Waals surface area contributed by atoms with Gasteiger partial charge in [-0.05, 0) is 24.1 Å². The Labute approximate surface area is 99.8 Å². The van der Waals surface area contributed by atoms with Gasteiger partial charge in [0.05, 0.1) is 7.11 Å². The van der Waals surface area contributed by atoms with Gasteiger partial charge in [-0.15, -0.1) is 0 Å². The fraction of sp³-hybridized carbons (Fsp3) is 0.143. The number of nitrogens with two attached hydrogens (primary N) is 1. The Bertz CT molecular complexity index is 552. The number of methoxy groups -OCH3 is 1. The van der Waals surface area contributed by atoms with Crippen LogP contribution >= 0.6 is 0 Å². The van der Waals surface area contributed by atoms with Crippen LogP contribution in [0.3, 0.4) is 0 Å². The molecule has 0 bridgehead atoms. The van der Waals surface area contributed by atoms with E-state index in [1.54, 1.807) is 6.07 Å². The van der Waals surface area contributed by atoms with E-state index in [0.717, 1.165) is 11.1 Å². The zero-order chi connectivity index (χ0) is 12.4. The first-order chi connectivity index (χ1) is 8.13. The molecule has 2 nitrogen and oxygen atoms in total. The van der Waals surface area contributed by atoms with Gasteiger partial charge >= 0.3 is 0 Å². The number of anilines is 1. The molecule has 0 aliphatic rings. The maximum absolute atomic E-state index is 14.1. The largest absolute Gasteiger partial charge is 0.494 e. The normalized spacial score (nSPS) is 10.3. The molecule has 0 fully saturated rings. The maximum atomic E-state index is 14.1. The smallest absolute Gasteiger partial charge is 0.173 e. The van der Waals surface area contributed by atoms with Crippen LogP contribution in [-0.4, -0.2) is 7.11 Å². The monoisotopic (exact) mass is 231 g/mol. The second kappa shape index (κ2) is 4.45. The van der Waals surface area contributed by atoms with E-state index in [1.165, 1.54) is 13.2 Å². The van der Waals surface area contributed by atoms with Crippen molar-refractivity contribution in [3.63, 3.8) is 0 Å². The van der Waals surface area contributed by atoms with E-state index in [9.17, 15) is 4.39 Å². The zero-order valence-electron chi connectivity index (χ0n) is 9.83. The van der Waals surface area contributed by atoms with Crippen LogP contribution in [0, 0.1) is 12.7 Å². The molecule has 0 spiro atoms. The third-order valence-electron chi connectivity index (χ3n) is 2.72. The number of benzene rings is 2. The lowest BCUT2D eigenvalue weighted by molar-refractivity contribution is 0.387. The lowest BCUT2D eigenvalue weighted by Gasteiger charge is -2.11. The first kappa shape index (κ1) is 11.5. The average molecular weight is 231 g/mol. The predicted octanol–water partition coefficient (Wildman–Crippen LogP) is 3.39. The highest BCUT2D eigenvalue weighted by molar-refractivity contribution is 5.73. The van der Waals surface area contributed by atoms with Crippen molar-refractivity contribution >= 4 is 5.69 Å². The van der Waals surface area contributed by atoms with Crippen molar-refractivity contribution in [1.29, 1.82) is 0 Å². The van der Waals surface area contributed by atoms with Crippen LogP contribution in [-0.2, 0) is 0 Å². The number of nitrogen functional groups attached to an aromatic ring is 1. The summed E-state index contributed by atoms with van der Waals surface area (Å²) in [6.45, 7) is 1.93. The molecule has 17 heavy (non-hydrogen) atoms. The van der Waals surface area contributed by atoms with E-state index < -0.39 is 0 Å². The molecule has 2 rings (SSSR count). The van der Waals surface area contributed by atoms with Gasteiger partial charge in [-0.1, -0.05) is 24.3 Å². The molecule has 0 amide bonds. The molecule has 3 heteroatoms. The first-order valence-electron chi connectivity index (χ1n) is 5.32. The van der Waals surface area contributed by atoms with Gasteiger partial charge in [0.15, 0.2) is 11.6 Å². The van der Waals surface area contributed by atoms with Crippen LogP contribution in [0.1, 0.15) is 5.56 Å². The number of ether oxygens (including phenoxy) is 1. The summed E-state index contributed by atoms with van der Waals surface area (Å²) in [5.41, 5.74) is 8.53. The predicted molar refractivity (Wildman–Crippen MR) is 67.5 cm³/mol. The Morgan fingerprint density at radius 1 is 1.12 bits per heavy atom. The first-order valence-corrected chi connectivity index (χ1v) is 5.32. The van der Waals surface area contributed by atoms with Gasteiger partial charge in [0.1, 0.15) is 0 Å². The van der Waals surface area contributed by atoms with Gasteiger partial charge < -0.3 is 10.5 Å². The van der Waals surface area contributed by atoms with Crippen molar-refractivity contribution in [3.05, 3.63) is 47.8 Å². The minimum Gasteiger partial charge on any atom is -0.494 e. The van der Waals surface area contributed by atoms with Gasteiger partial charge in [0, 0.05) is 17.3 Å². The molecule has 2 aromatic rings. The molecule has 0 unspecified atom stereocenters. The second-order valence-corrected chi connectivity index (χ2v) is 3.90. The van der Waals surface area contributed by atoms with E-state index in [2.05, 4.69) is 0 Å². The minimum absolute atomic E-state index is 0.170. The van der Waals surface area contributed by atoms with E-state index in [-0.39, 0.29) is 11.6 Å². The Balaban J connectivity index is 2.67. The molecule has 0 saturated heterocycles. The summed E-state index contributed by atoms with van der Waals surface area (Å²) in [5.74, 6) is -0.209. The zero-order valence-corrected chi connectivity index (χ0v) is 9.83. The molecule has 0 radical (unpaired) electrons. The summed E-state index contributed by atoms with van der Waals surface area (Å²) in [6, 6.07) is 10.7.